The lowest BCUT2D eigenvalue weighted by molar-refractivity contribution is 0.626. The van der Waals surface area contributed by atoms with Crippen LogP contribution < -0.4 is 16.9 Å². The van der Waals surface area contributed by atoms with Crippen molar-refractivity contribution in [1.29, 1.82) is 0 Å². The van der Waals surface area contributed by atoms with Crippen molar-refractivity contribution in [3.8, 4) is 0 Å². The highest BCUT2D eigenvalue weighted by molar-refractivity contribution is 5.71. The SMILES string of the molecule is CCn1c(=O)n(CC)c2c1c(=O)n(C)c(=O)n2CC. The van der Waals surface area contributed by atoms with Gasteiger partial charge in [-0.1, -0.05) is 0 Å². The van der Waals surface area contributed by atoms with Crippen molar-refractivity contribution in [2.45, 2.75) is 40.4 Å². The summed E-state index contributed by atoms with van der Waals surface area (Å²) in [6.07, 6.45) is 0. The number of imidazole rings is 1. The predicted octanol–water partition coefficient (Wildman–Crippen LogP) is -0.277. The summed E-state index contributed by atoms with van der Waals surface area (Å²) in [4.78, 5) is 36.6. The summed E-state index contributed by atoms with van der Waals surface area (Å²) in [5.74, 6) is 0. The fraction of sp³-hybridized carbons (Fsp3) is 0.583. The first-order chi connectivity index (χ1) is 8.99. The summed E-state index contributed by atoms with van der Waals surface area (Å²) in [5.41, 5.74) is -0.334. The van der Waals surface area contributed by atoms with E-state index in [0.717, 1.165) is 4.57 Å². The van der Waals surface area contributed by atoms with Crippen molar-refractivity contribution in [2.75, 3.05) is 0 Å². The van der Waals surface area contributed by atoms with Gasteiger partial charge in [0.15, 0.2) is 11.2 Å². The van der Waals surface area contributed by atoms with Crippen LogP contribution in [0.25, 0.3) is 11.2 Å². The van der Waals surface area contributed by atoms with Gasteiger partial charge >= 0.3 is 11.4 Å². The molecule has 19 heavy (non-hydrogen) atoms. The summed E-state index contributed by atoms with van der Waals surface area (Å²) in [6, 6.07) is 0. The topological polar surface area (TPSA) is 70.9 Å². The summed E-state index contributed by atoms with van der Waals surface area (Å²) in [7, 11) is 1.43. The Bertz CT molecular complexity index is 803. The molecule has 7 heteroatoms. The summed E-state index contributed by atoms with van der Waals surface area (Å²) in [6.45, 7) is 6.69. The van der Waals surface area contributed by atoms with E-state index >= 15 is 0 Å². The summed E-state index contributed by atoms with van der Waals surface area (Å²) in [5, 5.41) is 0. The maximum Gasteiger partial charge on any atom is 0.332 e. The molecule has 104 valence electrons. The Kier molecular flexibility index (Phi) is 3.21. The van der Waals surface area contributed by atoms with Gasteiger partial charge in [0.25, 0.3) is 5.56 Å². The van der Waals surface area contributed by atoms with Crippen LogP contribution in [0.1, 0.15) is 20.8 Å². The molecular formula is C12H18N4O3. The first-order valence-electron chi connectivity index (χ1n) is 6.42. The van der Waals surface area contributed by atoms with Crippen molar-refractivity contribution in [3.63, 3.8) is 0 Å². The van der Waals surface area contributed by atoms with Crippen LogP contribution in [0.3, 0.4) is 0 Å². The minimum Gasteiger partial charge on any atom is -0.286 e. The molecule has 2 aromatic rings. The van der Waals surface area contributed by atoms with Crippen LogP contribution in [-0.4, -0.2) is 18.3 Å². The van der Waals surface area contributed by atoms with Gasteiger partial charge in [0, 0.05) is 26.7 Å². The third-order valence-electron chi connectivity index (χ3n) is 3.43. The minimum atomic E-state index is -0.421. The average molecular weight is 266 g/mol. The molecule has 0 aliphatic rings. The molecule has 0 bridgehead atoms. The number of hydrogen-bond donors (Lipinski definition) is 0. The van der Waals surface area contributed by atoms with Crippen LogP contribution in [-0.2, 0) is 26.7 Å². The molecule has 0 atom stereocenters. The van der Waals surface area contributed by atoms with Gasteiger partial charge in [-0.3, -0.25) is 23.1 Å². The Morgan fingerprint density at radius 2 is 1.26 bits per heavy atom. The molecule has 0 N–H and O–H groups in total. The maximum atomic E-state index is 12.3. The molecule has 0 aliphatic heterocycles. The van der Waals surface area contributed by atoms with E-state index in [9.17, 15) is 14.4 Å². The van der Waals surface area contributed by atoms with Crippen molar-refractivity contribution in [1.82, 2.24) is 18.3 Å². The van der Waals surface area contributed by atoms with Crippen molar-refractivity contribution < 1.29 is 0 Å². The first-order valence-corrected chi connectivity index (χ1v) is 6.42. The first kappa shape index (κ1) is 13.4. The highest BCUT2D eigenvalue weighted by Gasteiger charge is 2.20. The van der Waals surface area contributed by atoms with Gasteiger partial charge in [-0.05, 0) is 20.8 Å². The second-order valence-electron chi connectivity index (χ2n) is 4.33. The second kappa shape index (κ2) is 4.56. The third-order valence-corrected chi connectivity index (χ3v) is 3.43. The largest absolute Gasteiger partial charge is 0.332 e. The Morgan fingerprint density at radius 3 is 1.74 bits per heavy atom. The van der Waals surface area contributed by atoms with E-state index in [0.29, 0.717) is 30.8 Å². The monoisotopic (exact) mass is 266 g/mol. The van der Waals surface area contributed by atoms with Gasteiger partial charge in [0.05, 0.1) is 0 Å². The molecule has 0 saturated heterocycles. The molecule has 2 rings (SSSR count). The molecule has 0 amide bonds. The zero-order chi connectivity index (χ0) is 14.3. The zero-order valence-corrected chi connectivity index (χ0v) is 11.6. The smallest absolute Gasteiger partial charge is 0.286 e. The average Bonchev–Trinajstić information content (AvgIpc) is 2.69. The highest BCUT2D eigenvalue weighted by Crippen LogP contribution is 2.07. The van der Waals surface area contributed by atoms with E-state index in [1.165, 1.54) is 20.7 Å². The van der Waals surface area contributed by atoms with E-state index in [-0.39, 0.29) is 5.69 Å². The Hall–Kier alpha value is -2.05. The van der Waals surface area contributed by atoms with Gasteiger partial charge in [-0.15, -0.1) is 0 Å². The molecule has 2 heterocycles. The van der Waals surface area contributed by atoms with Crippen molar-refractivity contribution >= 4 is 11.2 Å². The lowest BCUT2D eigenvalue weighted by atomic mass is 10.4. The number of aromatic nitrogens is 4. The van der Waals surface area contributed by atoms with Crippen LogP contribution in [0.4, 0.5) is 0 Å². The number of rotatable bonds is 3. The van der Waals surface area contributed by atoms with Gasteiger partial charge in [-0.25, -0.2) is 9.59 Å². The van der Waals surface area contributed by atoms with Crippen LogP contribution in [0.15, 0.2) is 14.4 Å². The number of nitrogens with zero attached hydrogens (tertiary/aromatic N) is 4. The van der Waals surface area contributed by atoms with E-state index < -0.39 is 11.2 Å². The van der Waals surface area contributed by atoms with Crippen LogP contribution in [0.2, 0.25) is 0 Å². The van der Waals surface area contributed by atoms with E-state index in [1.54, 1.807) is 0 Å². The van der Waals surface area contributed by atoms with Gasteiger partial charge in [-0.2, -0.15) is 0 Å². The predicted molar refractivity (Wildman–Crippen MR) is 72.7 cm³/mol. The molecular weight excluding hydrogens is 248 g/mol. The normalized spacial score (nSPS) is 11.4. The van der Waals surface area contributed by atoms with Gasteiger partial charge in [0.1, 0.15) is 0 Å². The fourth-order valence-electron chi connectivity index (χ4n) is 2.45. The molecule has 0 unspecified atom stereocenters. The van der Waals surface area contributed by atoms with Crippen molar-refractivity contribution in [3.05, 3.63) is 31.3 Å². The van der Waals surface area contributed by atoms with Crippen LogP contribution >= 0.6 is 0 Å². The quantitative estimate of drug-likeness (QED) is 0.767. The van der Waals surface area contributed by atoms with Crippen LogP contribution in [0.5, 0.6) is 0 Å². The lowest BCUT2D eigenvalue weighted by Gasteiger charge is -2.09. The third kappa shape index (κ3) is 1.61. The van der Waals surface area contributed by atoms with Gasteiger partial charge in [0.2, 0.25) is 0 Å². The minimum absolute atomic E-state index is 0.245. The van der Waals surface area contributed by atoms with E-state index in [4.69, 9.17) is 0 Å². The maximum absolute atomic E-state index is 12.3. The van der Waals surface area contributed by atoms with Crippen molar-refractivity contribution in [2.24, 2.45) is 7.05 Å². The number of fused-ring (bicyclic) bond motifs is 1. The molecule has 0 saturated carbocycles. The van der Waals surface area contributed by atoms with E-state index in [2.05, 4.69) is 0 Å². The molecule has 0 aromatic carbocycles. The summed E-state index contributed by atoms with van der Waals surface area (Å²) < 4.78 is 5.42. The highest BCUT2D eigenvalue weighted by atomic mass is 16.2. The Balaban J connectivity index is 3.25. The zero-order valence-electron chi connectivity index (χ0n) is 11.6. The molecule has 0 radical (unpaired) electrons. The fourth-order valence-corrected chi connectivity index (χ4v) is 2.45. The molecule has 0 fully saturated rings. The molecule has 2 aromatic heterocycles. The van der Waals surface area contributed by atoms with E-state index in [1.807, 2.05) is 20.8 Å². The lowest BCUT2D eigenvalue weighted by Crippen LogP contribution is -2.38. The van der Waals surface area contributed by atoms with Gasteiger partial charge < -0.3 is 0 Å². The molecule has 7 nitrogen and oxygen atoms in total. The molecule has 0 aliphatic carbocycles. The standard InChI is InChI=1S/C12H18N4O3/c1-5-14-8-9(16(7-3)12(14)19)15(6-2)11(18)13(4)10(8)17/h5-7H2,1-4H3. The Labute approximate surface area is 109 Å². The molecule has 0 spiro atoms. The van der Waals surface area contributed by atoms with Crippen LogP contribution in [0, 0.1) is 0 Å². The Morgan fingerprint density at radius 1 is 0.789 bits per heavy atom. The number of aryl methyl sites for hydroxylation is 3. The summed E-state index contributed by atoms with van der Waals surface area (Å²) >= 11 is 0. The second-order valence-corrected chi connectivity index (χ2v) is 4.33. The number of hydrogen-bond acceptors (Lipinski definition) is 3.